The lowest BCUT2D eigenvalue weighted by molar-refractivity contribution is -0.274. The van der Waals surface area contributed by atoms with Gasteiger partial charge in [0.25, 0.3) is 0 Å². The van der Waals surface area contributed by atoms with Crippen molar-refractivity contribution >= 4 is 5.52 Å². The van der Waals surface area contributed by atoms with Crippen LogP contribution in [0, 0.1) is 13.8 Å². The Balaban J connectivity index is 2.20. The molecule has 2 heterocycles. The number of halogens is 3. The molecule has 23 heavy (non-hydrogen) atoms. The fraction of sp³-hybridized carbons (Fsp3) is 0.200. The van der Waals surface area contributed by atoms with Crippen molar-refractivity contribution in [1.82, 2.24) is 14.6 Å². The van der Waals surface area contributed by atoms with Gasteiger partial charge >= 0.3 is 12.1 Å². The molecule has 0 spiro atoms. The number of alkyl halides is 3. The van der Waals surface area contributed by atoms with Crippen molar-refractivity contribution in [3.8, 4) is 16.9 Å². The number of aryl methyl sites for hydroxylation is 2. The topological polar surface area (TPSA) is 59.4 Å². The van der Waals surface area contributed by atoms with E-state index in [1.807, 2.05) is 0 Å². The maximum absolute atomic E-state index is 12.4. The minimum atomic E-state index is -4.75. The van der Waals surface area contributed by atoms with Crippen molar-refractivity contribution in [3.05, 3.63) is 52.2 Å². The van der Waals surface area contributed by atoms with Gasteiger partial charge in [0.05, 0.1) is 11.7 Å². The third-order valence-electron chi connectivity index (χ3n) is 3.60. The molecule has 1 aromatic carbocycles. The van der Waals surface area contributed by atoms with Crippen LogP contribution in [0.2, 0.25) is 0 Å². The molecular formula is C15H12F3N3O2. The Morgan fingerprint density at radius 3 is 2.65 bits per heavy atom. The molecule has 0 unspecified atom stereocenters. The molecule has 8 heteroatoms. The van der Waals surface area contributed by atoms with Crippen LogP contribution in [-0.4, -0.2) is 21.0 Å². The highest BCUT2D eigenvalue weighted by molar-refractivity contribution is 5.79. The van der Waals surface area contributed by atoms with Crippen LogP contribution < -0.4 is 10.4 Å². The molecule has 0 bridgehead atoms. The SMILES string of the molecule is Cc1c(-c2cccc(OC(F)(F)F)c2)c(C)n2c(=O)[nH]ncc12. The smallest absolute Gasteiger partial charge is 0.406 e. The molecule has 5 nitrogen and oxygen atoms in total. The first-order valence-corrected chi connectivity index (χ1v) is 6.69. The summed E-state index contributed by atoms with van der Waals surface area (Å²) in [6, 6.07) is 5.66. The molecule has 0 fully saturated rings. The number of nitrogens with one attached hydrogen (secondary N) is 1. The fourth-order valence-electron chi connectivity index (χ4n) is 2.75. The average Bonchev–Trinajstić information content (AvgIpc) is 2.70. The second-order valence-corrected chi connectivity index (χ2v) is 5.06. The molecule has 0 aliphatic carbocycles. The van der Waals surface area contributed by atoms with Crippen LogP contribution in [0.3, 0.4) is 0 Å². The van der Waals surface area contributed by atoms with E-state index in [1.165, 1.54) is 28.8 Å². The van der Waals surface area contributed by atoms with Crippen LogP contribution in [0.1, 0.15) is 11.3 Å². The lowest BCUT2D eigenvalue weighted by atomic mass is 10.0. The second kappa shape index (κ2) is 5.15. The average molecular weight is 323 g/mol. The summed E-state index contributed by atoms with van der Waals surface area (Å²) in [6.45, 7) is 3.51. The Morgan fingerprint density at radius 2 is 2.00 bits per heavy atom. The Labute approximate surface area is 128 Å². The maximum atomic E-state index is 12.4. The van der Waals surface area contributed by atoms with Crippen molar-refractivity contribution in [2.24, 2.45) is 0 Å². The molecular weight excluding hydrogens is 311 g/mol. The van der Waals surface area contributed by atoms with E-state index in [0.717, 1.165) is 5.56 Å². The Hall–Kier alpha value is -2.77. The summed E-state index contributed by atoms with van der Waals surface area (Å²) in [5.74, 6) is -0.309. The monoisotopic (exact) mass is 323 g/mol. The first kappa shape index (κ1) is 15.1. The van der Waals surface area contributed by atoms with Gasteiger partial charge in [0.2, 0.25) is 0 Å². The van der Waals surface area contributed by atoms with E-state index in [0.29, 0.717) is 22.3 Å². The summed E-state index contributed by atoms with van der Waals surface area (Å²) in [5, 5.41) is 6.09. The molecule has 120 valence electrons. The number of hydrogen-bond donors (Lipinski definition) is 1. The third kappa shape index (κ3) is 2.67. The molecule has 2 aromatic heterocycles. The maximum Gasteiger partial charge on any atom is 0.573 e. The van der Waals surface area contributed by atoms with E-state index in [-0.39, 0.29) is 5.75 Å². The Kier molecular flexibility index (Phi) is 3.39. The van der Waals surface area contributed by atoms with E-state index in [9.17, 15) is 18.0 Å². The van der Waals surface area contributed by atoms with Crippen molar-refractivity contribution in [2.45, 2.75) is 20.2 Å². The molecule has 3 aromatic rings. The molecule has 0 aliphatic rings. The van der Waals surface area contributed by atoms with Gasteiger partial charge in [-0.05, 0) is 37.1 Å². The lowest BCUT2D eigenvalue weighted by Crippen LogP contribution is -2.18. The highest BCUT2D eigenvalue weighted by Crippen LogP contribution is 2.34. The van der Waals surface area contributed by atoms with Crippen LogP contribution in [-0.2, 0) is 0 Å². The molecule has 0 amide bonds. The van der Waals surface area contributed by atoms with Gasteiger partial charge in [0.15, 0.2) is 0 Å². The number of rotatable bonds is 2. The van der Waals surface area contributed by atoms with Gasteiger partial charge in [-0.1, -0.05) is 12.1 Å². The molecule has 0 radical (unpaired) electrons. The summed E-state index contributed by atoms with van der Waals surface area (Å²) < 4.78 is 42.5. The van der Waals surface area contributed by atoms with E-state index in [1.54, 1.807) is 19.9 Å². The van der Waals surface area contributed by atoms with Crippen LogP contribution in [0.25, 0.3) is 16.6 Å². The largest absolute Gasteiger partial charge is 0.573 e. The minimum Gasteiger partial charge on any atom is -0.406 e. The summed E-state index contributed by atoms with van der Waals surface area (Å²) in [4.78, 5) is 11.9. The van der Waals surface area contributed by atoms with Gasteiger partial charge in [-0.3, -0.25) is 4.40 Å². The van der Waals surface area contributed by atoms with Crippen LogP contribution in [0.4, 0.5) is 13.2 Å². The first-order valence-electron chi connectivity index (χ1n) is 6.69. The number of hydrogen-bond acceptors (Lipinski definition) is 3. The molecule has 0 aliphatic heterocycles. The first-order chi connectivity index (χ1) is 10.8. The number of aromatic amines is 1. The highest BCUT2D eigenvalue weighted by Gasteiger charge is 2.31. The number of benzene rings is 1. The summed E-state index contributed by atoms with van der Waals surface area (Å²) >= 11 is 0. The Bertz CT molecular complexity index is 941. The standard InChI is InChI=1S/C15H12F3N3O2/c1-8-12-7-19-20-14(22)21(12)9(2)13(8)10-4-3-5-11(6-10)23-15(16,17)18/h3-7H,1-2H3,(H,20,22). The molecule has 0 saturated heterocycles. The Morgan fingerprint density at radius 1 is 1.26 bits per heavy atom. The zero-order chi connectivity index (χ0) is 16.8. The van der Waals surface area contributed by atoms with E-state index in [2.05, 4.69) is 14.9 Å². The number of aromatic nitrogens is 3. The van der Waals surface area contributed by atoms with Gasteiger partial charge in [0.1, 0.15) is 5.75 Å². The predicted octanol–water partition coefficient (Wildman–Crippen LogP) is 3.21. The third-order valence-corrected chi connectivity index (χ3v) is 3.60. The molecule has 1 N–H and O–H groups in total. The second-order valence-electron chi connectivity index (χ2n) is 5.06. The fourth-order valence-corrected chi connectivity index (χ4v) is 2.75. The summed E-state index contributed by atoms with van der Waals surface area (Å²) in [5.41, 5.74) is 2.77. The van der Waals surface area contributed by atoms with Crippen LogP contribution in [0.15, 0.2) is 35.3 Å². The van der Waals surface area contributed by atoms with Gasteiger partial charge in [0, 0.05) is 11.3 Å². The quantitative estimate of drug-likeness (QED) is 0.788. The summed E-state index contributed by atoms with van der Waals surface area (Å²) in [6.07, 6.45) is -3.25. The minimum absolute atomic E-state index is 0.309. The van der Waals surface area contributed by atoms with Crippen molar-refractivity contribution in [2.75, 3.05) is 0 Å². The predicted molar refractivity (Wildman–Crippen MR) is 77.4 cm³/mol. The van der Waals surface area contributed by atoms with Gasteiger partial charge in [-0.25, -0.2) is 9.89 Å². The molecule has 3 rings (SSSR count). The molecule has 0 saturated carbocycles. The number of fused-ring (bicyclic) bond motifs is 1. The van der Waals surface area contributed by atoms with Gasteiger partial charge in [-0.15, -0.1) is 13.2 Å². The van der Waals surface area contributed by atoms with Gasteiger partial charge < -0.3 is 4.74 Å². The van der Waals surface area contributed by atoms with Crippen molar-refractivity contribution in [3.63, 3.8) is 0 Å². The number of ether oxygens (including phenoxy) is 1. The van der Waals surface area contributed by atoms with Gasteiger partial charge in [-0.2, -0.15) is 5.10 Å². The van der Waals surface area contributed by atoms with Crippen LogP contribution in [0.5, 0.6) is 5.75 Å². The number of nitrogens with zero attached hydrogens (tertiary/aromatic N) is 2. The van der Waals surface area contributed by atoms with E-state index >= 15 is 0 Å². The van der Waals surface area contributed by atoms with E-state index < -0.39 is 12.1 Å². The summed E-state index contributed by atoms with van der Waals surface area (Å²) in [7, 11) is 0. The highest BCUT2D eigenvalue weighted by atomic mass is 19.4. The zero-order valence-corrected chi connectivity index (χ0v) is 12.2. The molecule has 0 atom stereocenters. The lowest BCUT2D eigenvalue weighted by Gasteiger charge is -2.10. The van der Waals surface area contributed by atoms with Crippen molar-refractivity contribution in [1.29, 1.82) is 0 Å². The number of H-pyrrole nitrogens is 1. The van der Waals surface area contributed by atoms with Crippen LogP contribution >= 0.6 is 0 Å². The normalized spacial score (nSPS) is 11.9. The van der Waals surface area contributed by atoms with Crippen molar-refractivity contribution < 1.29 is 17.9 Å². The zero-order valence-electron chi connectivity index (χ0n) is 12.2. The van der Waals surface area contributed by atoms with E-state index in [4.69, 9.17) is 0 Å².